The summed E-state index contributed by atoms with van der Waals surface area (Å²) in [5.41, 5.74) is -2.41. The molecule has 4 rings (SSSR count). The topological polar surface area (TPSA) is 9.23 Å². The first-order chi connectivity index (χ1) is 22.8. The Morgan fingerprint density at radius 1 is 0.531 bits per heavy atom. The normalized spacial score (nSPS) is 11.7. The van der Waals surface area contributed by atoms with E-state index in [9.17, 15) is 52.7 Å². The minimum absolute atomic E-state index is 0.0109. The van der Waals surface area contributed by atoms with Gasteiger partial charge in [0.05, 0.1) is 0 Å². The highest BCUT2D eigenvalue weighted by atomic mass is 32.2. The van der Waals surface area contributed by atoms with E-state index >= 15 is 0 Å². The monoisotopic (exact) mass is 742 g/mol. The van der Waals surface area contributed by atoms with Crippen LogP contribution < -0.4 is 0 Å². The second-order valence-electron chi connectivity index (χ2n) is 11.3. The highest BCUT2D eigenvalue weighted by molar-refractivity contribution is 8.22. The van der Waals surface area contributed by atoms with Crippen LogP contribution in [0.2, 0.25) is 0 Å². The first kappa shape index (κ1) is 39.7. The molecular formula is C34H26F12OS2. The van der Waals surface area contributed by atoms with Crippen LogP contribution in [0.25, 0.3) is 0 Å². The summed E-state index contributed by atoms with van der Waals surface area (Å²) in [5, 5.41) is 0. The summed E-state index contributed by atoms with van der Waals surface area (Å²) in [5.74, 6) is -20.2. The summed E-state index contributed by atoms with van der Waals surface area (Å²) in [6, 6.07) is 5.68. The third-order valence-corrected chi connectivity index (χ3v) is 8.45. The molecule has 0 N–H and O–H groups in total. The number of benzene rings is 4. The molecule has 0 fully saturated rings. The van der Waals surface area contributed by atoms with E-state index in [-0.39, 0.29) is 32.6 Å². The van der Waals surface area contributed by atoms with Gasteiger partial charge in [0.15, 0.2) is 75.4 Å². The Bertz CT molecular complexity index is 1650. The van der Waals surface area contributed by atoms with Gasteiger partial charge in [-0.2, -0.15) is 0 Å². The molecule has 0 aromatic heterocycles. The molecule has 0 saturated heterocycles. The van der Waals surface area contributed by atoms with Gasteiger partial charge in [0.1, 0.15) is 0 Å². The van der Waals surface area contributed by atoms with Crippen molar-refractivity contribution >= 4 is 28.4 Å². The van der Waals surface area contributed by atoms with Crippen LogP contribution in [-0.4, -0.2) is 10.6 Å². The van der Waals surface area contributed by atoms with Gasteiger partial charge in [-0.15, -0.1) is 0 Å². The van der Waals surface area contributed by atoms with Gasteiger partial charge in [-0.25, -0.2) is 52.7 Å². The van der Waals surface area contributed by atoms with E-state index in [2.05, 4.69) is 0 Å². The van der Waals surface area contributed by atoms with Crippen molar-refractivity contribution in [2.45, 2.75) is 39.2 Å². The van der Waals surface area contributed by atoms with Gasteiger partial charge in [0, 0.05) is 23.0 Å². The third-order valence-electron chi connectivity index (χ3n) is 7.45. The standard InChI is InChI=1S/C18H14F6OS2.C16H12F6/c1-8(2)18(25-17(26)27-3,9-4-11(19)15(23)12(20)5-9)10-6-13(21)16(24)14(22)7-10;1-7(2)14(8-3-10(17)15(21)11(18)4-8)9-5-12(19)16(22)13(20)6-9/h4-8H,1-3H3;3-7,14H,1-2H3. The quantitative estimate of drug-likeness (QED) is 0.106. The Morgan fingerprint density at radius 3 is 1.02 bits per heavy atom. The largest absolute Gasteiger partial charge is 0.462 e. The van der Waals surface area contributed by atoms with Gasteiger partial charge < -0.3 is 4.74 Å². The second kappa shape index (κ2) is 15.9. The van der Waals surface area contributed by atoms with Gasteiger partial charge in [-0.3, -0.25) is 0 Å². The fraction of sp³-hybridized carbons (Fsp3) is 0.265. The summed E-state index contributed by atoms with van der Waals surface area (Å²) in [4.78, 5) is 0. The zero-order valence-corrected chi connectivity index (χ0v) is 27.7. The molecule has 0 saturated carbocycles. The number of halogens is 12. The van der Waals surface area contributed by atoms with E-state index in [1.807, 2.05) is 0 Å². The Balaban J connectivity index is 0.000000271. The predicted molar refractivity (Wildman–Crippen MR) is 165 cm³/mol. The highest BCUT2D eigenvalue weighted by Gasteiger charge is 2.43. The molecule has 15 heteroatoms. The number of thiocarbonyl (C=S) groups is 1. The van der Waals surface area contributed by atoms with Gasteiger partial charge >= 0.3 is 0 Å². The molecule has 0 spiro atoms. The molecule has 0 aliphatic carbocycles. The lowest BCUT2D eigenvalue weighted by Crippen LogP contribution is -2.39. The molecule has 0 amide bonds. The minimum atomic E-state index is -1.90. The van der Waals surface area contributed by atoms with Crippen molar-refractivity contribution in [3.05, 3.63) is 141 Å². The lowest BCUT2D eigenvalue weighted by atomic mass is 9.77. The van der Waals surface area contributed by atoms with Crippen molar-refractivity contribution < 1.29 is 57.4 Å². The smallest absolute Gasteiger partial charge is 0.220 e. The molecular weight excluding hydrogens is 716 g/mol. The van der Waals surface area contributed by atoms with Crippen LogP contribution in [0, 0.1) is 81.6 Å². The zero-order chi connectivity index (χ0) is 37.1. The van der Waals surface area contributed by atoms with Crippen LogP contribution in [0.15, 0.2) is 48.5 Å². The van der Waals surface area contributed by atoms with Crippen LogP contribution >= 0.6 is 24.0 Å². The number of thioether (sulfide) groups is 1. The maximum atomic E-state index is 13.9. The highest BCUT2D eigenvalue weighted by Crippen LogP contribution is 2.43. The molecule has 0 bridgehead atoms. The van der Waals surface area contributed by atoms with Crippen molar-refractivity contribution in [1.29, 1.82) is 0 Å². The van der Waals surface area contributed by atoms with Crippen LogP contribution in [0.4, 0.5) is 52.7 Å². The summed E-state index contributed by atoms with van der Waals surface area (Å²) < 4.78 is 168. The van der Waals surface area contributed by atoms with Crippen LogP contribution in [-0.2, 0) is 10.3 Å². The lowest BCUT2D eigenvalue weighted by Gasteiger charge is -2.39. The third kappa shape index (κ3) is 8.36. The first-order valence-electron chi connectivity index (χ1n) is 14.1. The zero-order valence-electron chi connectivity index (χ0n) is 26.1. The van der Waals surface area contributed by atoms with E-state index in [1.54, 1.807) is 34.0 Å². The molecule has 0 atom stereocenters. The van der Waals surface area contributed by atoms with Gasteiger partial charge in [0.2, 0.25) is 4.38 Å². The Kier molecular flexibility index (Phi) is 12.9. The van der Waals surface area contributed by atoms with Crippen molar-refractivity contribution in [3.63, 3.8) is 0 Å². The first-order valence-corrected chi connectivity index (χ1v) is 15.8. The van der Waals surface area contributed by atoms with Crippen molar-refractivity contribution in [1.82, 2.24) is 0 Å². The number of rotatable bonds is 7. The molecule has 0 heterocycles. The van der Waals surface area contributed by atoms with Gasteiger partial charge in [-0.05, 0) is 84.0 Å². The maximum absolute atomic E-state index is 13.9. The van der Waals surface area contributed by atoms with E-state index in [1.165, 1.54) is 0 Å². The molecule has 49 heavy (non-hydrogen) atoms. The molecule has 0 aliphatic heterocycles. The van der Waals surface area contributed by atoms with Crippen molar-refractivity contribution in [2.24, 2.45) is 11.8 Å². The number of hydrogen-bond donors (Lipinski definition) is 0. The summed E-state index contributed by atoms with van der Waals surface area (Å²) in [6.45, 7) is 6.40. The summed E-state index contributed by atoms with van der Waals surface area (Å²) >= 11 is 5.99. The van der Waals surface area contributed by atoms with Crippen molar-refractivity contribution in [2.75, 3.05) is 6.26 Å². The average molecular weight is 743 g/mol. The molecule has 0 unspecified atom stereocenters. The van der Waals surface area contributed by atoms with Crippen LogP contribution in [0.1, 0.15) is 55.9 Å². The van der Waals surface area contributed by atoms with Crippen molar-refractivity contribution in [3.8, 4) is 0 Å². The fourth-order valence-corrected chi connectivity index (χ4v) is 5.60. The number of hydrogen-bond acceptors (Lipinski definition) is 3. The lowest BCUT2D eigenvalue weighted by molar-refractivity contribution is 0.0536. The average Bonchev–Trinajstić information content (AvgIpc) is 3.02. The summed E-state index contributed by atoms with van der Waals surface area (Å²) in [6.07, 6.45) is 1.56. The Morgan fingerprint density at radius 2 is 0.796 bits per heavy atom. The SMILES string of the molecule is CC(C)C(c1cc(F)c(F)c(F)c1)c1cc(F)c(F)c(F)c1.CSC(=S)OC(c1cc(F)c(F)c(F)c1)(c1cc(F)c(F)c(F)c1)C(C)C. The van der Waals surface area contributed by atoms with E-state index in [4.69, 9.17) is 17.0 Å². The molecule has 0 aliphatic rings. The molecule has 1 nitrogen and oxygen atoms in total. The van der Waals surface area contributed by atoms with Crippen LogP contribution in [0.5, 0.6) is 0 Å². The van der Waals surface area contributed by atoms with E-state index in [0.29, 0.717) is 24.3 Å². The predicted octanol–water partition coefficient (Wildman–Crippen LogP) is 11.4. The molecule has 4 aromatic carbocycles. The van der Waals surface area contributed by atoms with E-state index < -0.39 is 87.2 Å². The fourth-order valence-electron chi connectivity index (χ4n) is 5.25. The molecule has 264 valence electrons. The second-order valence-corrected chi connectivity index (χ2v) is 12.7. The van der Waals surface area contributed by atoms with E-state index in [0.717, 1.165) is 36.0 Å². The van der Waals surface area contributed by atoms with Gasteiger partial charge in [-0.1, -0.05) is 39.5 Å². The minimum Gasteiger partial charge on any atom is -0.462 e. The molecule has 0 radical (unpaired) electrons. The summed E-state index contributed by atoms with van der Waals surface area (Å²) in [7, 11) is 0. The Labute approximate surface area is 283 Å². The van der Waals surface area contributed by atoms with Crippen LogP contribution in [0.3, 0.4) is 0 Å². The molecule has 4 aromatic rings. The Hall–Kier alpha value is -3.72. The van der Waals surface area contributed by atoms with Gasteiger partial charge in [0.25, 0.3) is 0 Å². The number of ether oxygens (including phenoxy) is 1. The maximum Gasteiger partial charge on any atom is 0.220 e.